The number of aryl methyl sites for hydroxylation is 1. The van der Waals surface area contributed by atoms with Gasteiger partial charge in [-0.2, -0.15) is 0 Å². The molecule has 1 aromatic carbocycles. The number of nitrogens with two attached hydrogens (primary N) is 1. The Morgan fingerprint density at radius 2 is 1.43 bits per heavy atom. The van der Waals surface area contributed by atoms with Gasteiger partial charge in [0.15, 0.2) is 11.5 Å². The molecule has 2 N–H and O–H groups in total. The van der Waals surface area contributed by atoms with Gasteiger partial charge in [0.05, 0.1) is 27.4 Å². The van der Waals surface area contributed by atoms with Crippen molar-refractivity contribution >= 4 is 5.69 Å². The van der Waals surface area contributed by atoms with Crippen molar-refractivity contribution in [2.75, 3.05) is 67.0 Å². The Morgan fingerprint density at radius 1 is 0.870 bits per heavy atom. The third-order valence-corrected chi connectivity index (χ3v) is 3.79. The minimum absolute atomic E-state index is 0.663. The number of hydrogen-bond acceptors (Lipinski definition) is 6. The van der Waals surface area contributed by atoms with E-state index in [1.165, 1.54) is 0 Å². The normalized spacial score (nSPS) is 11.0. The summed E-state index contributed by atoms with van der Waals surface area (Å²) in [4.78, 5) is 2.34. The number of benzene rings is 1. The molecule has 0 radical (unpaired) electrons. The van der Waals surface area contributed by atoms with Gasteiger partial charge >= 0.3 is 0 Å². The van der Waals surface area contributed by atoms with Gasteiger partial charge in [0.25, 0.3) is 0 Å². The predicted molar refractivity (Wildman–Crippen MR) is 92.5 cm³/mol. The van der Waals surface area contributed by atoms with Gasteiger partial charge in [-0.3, -0.25) is 4.90 Å². The second-order valence-electron chi connectivity index (χ2n) is 5.34. The van der Waals surface area contributed by atoms with E-state index < -0.39 is 0 Å². The molecule has 1 aromatic rings. The van der Waals surface area contributed by atoms with E-state index >= 15 is 0 Å². The van der Waals surface area contributed by atoms with E-state index in [9.17, 15) is 0 Å². The second-order valence-corrected chi connectivity index (χ2v) is 5.34. The lowest BCUT2D eigenvalue weighted by Crippen LogP contribution is -2.32. The zero-order valence-electron chi connectivity index (χ0n) is 14.8. The summed E-state index contributed by atoms with van der Waals surface area (Å²) in [6, 6.07) is 3.78. The first kappa shape index (κ1) is 19.5. The van der Waals surface area contributed by atoms with Crippen LogP contribution in [0.15, 0.2) is 12.1 Å². The van der Waals surface area contributed by atoms with E-state index in [2.05, 4.69) is 4.90 Å². The zero-order chi connectivity index (χ0) is 17.1. The first-order valence-electron chi connectivity index (χ1n) is 7.86. The van der Waals surface area contributed by atoms with Gasteiger partial charge in [-0.25, -0.2) is 0 Å². The molecule has 6 heteroatoms. The number of hydrogen-bond donors (Lipinski definition) is 1. The van der Waals surface area contributed by atoms with Crippen LogP contribution in [0.3, 0.4) is 0 Å². The van der Waals surface area contributed by atoms with Crippen molar-refractivity contribution in [3.8, 4) is 11.5 Å². The molecule has 0 saturated heterocycles. The fourth-order valence-corrected chi connectivity index (χ4v) is 2.42. The van der Waals surface area contributed by atoms with E-state index in [-0.39, 0.29) is 0 Å². The number of nitrogens with zero attached hydrogens (tertiary/aromatic N) is 1. The van der Waals surface area contributed by atoms with Crippen molar-refractivity contribution in [2.24, 2.45) is 0 Å². The van der Waals surface area contributed by atoms with Gasteiger partial charge < -0.3 is 24.7 Å². The van der Waals surface area contributed by atoms with Gasteiger partial charge in [-0.05, 0) is 31.0 Å². The van der Waals surface area contributed by atoms with E-state index in [0.29, 0.717) is 11.5 Å². The van der Waals surface area contributed by atoms with Gasteiger partial charge in [0.1, 0.15) is 0 Å². The summed E-state index contributed by atoms with van der Waals surface area (Å²) in [5.74, 6) is 1.38. The van der Waals surface area contributed by atoms with E-state index in [4.69, 9.17) is 24.7 Å². The average molecular weight is 326 g/mol. The van der Waals surface area contributed by atoms with Crippen LogP contribution in [0.5, 0.6) is 11.5 Å². The largest absolute Gasteiger partial charge is 0.493 e. The highest BCUT2D eigenvalue weighted by Gasteiger charge is 2.10. The summed E-state index contributed by atoms with van der Waals surface area (Å²) < 4.78 is 20.9. The maximum atomic E-state index is 6.11. The van der Waals surface area contributed by atoms with Crippen LogP contribution in [0.25, 0.3) is 0 Å². The molecule has 0 aliphatic carbocycles. The fourth-order valence-electron chi connectivity index (χ4n) is 2.42. The third-order valence-electron chi connectivity index (χ3n) is 3.79. The SMILES string of the molecule is COCCN(CCCc1cc(OC)c(OC)cc1N)CCOC. The number of anilines is 1. The van der Waals surface area contributed by atoms with Crippen molar-refractivity contribution in [3.63, 3.8) is 0 Å². The molecule has 0 bridgehead atoms. The van der Waals surface area contributed by atoms with Crippen LogP contribution >= 0.6 is 0 Å². The molecule has 0 heterocycles. The van der Waals surface area contributed by atoms with E-state index in [0.717, 1.165) is 56.9 Å². The predicted octanol–water partition coefficient (Wildman–Crippen LogP) is 1.81. The van der Waals surface area contributed by atoms with Crippen LogP contribution in [0.2, 0.25) is 0 Å². The Labute approximate surface area is 139 Å². The highest BCUT2D eigenvalue weighted by atomic mass is 16.5. The summed E-state index contributed by atoms with van der Waals surface area (Å²) in [6.45, 7) is 4.23. The molecular formula is C17H30N2O4. The Morgan fingerprint density at radius 3 is 1.96 bits per heavy atom. The molecule has 1 rings (SSSR count). The Kier molecular flexibility index (Phi) is 9.43. The van der Waals surface area contributed by atoms with Crippen molar-refractivity contribution in [1.82, 2.24) is 4.90 Å². The summed E-state index contributed by atoms with van der Waals surface area (Å²) >= 11 is 0. The molecule has 6 nitrogen and oxygen atoms in total. The molecule has 23 heavy (non-hydrogen) atoms. The maximum Gasteiger partial charge on any atom is 0.162 e. The molecule has 0 spiro atoms. The Balaban J connectivity index is 2.58. The highest BCUT2D eigenvalue weighted by Crippen LogP contribution is 2.32. The maximum absolute atomic E-state index is 6.11. The van der Waals surface area contributed by atoms with Crippen LogP contribution in [0.1, 0.15) is 12.0 Å². The molecule has 0 amide bonds. The van der Waals surface area contributed by atoms with Gasteiger partial charge in [-0.1, -0.05) is 0 Å². The number of methoxy groups -OCH3 is 4. The topological polar surface area (TPSA) is 66.2 Å². The van der Waals surface area contributed by atoms with Gasteiger partial charge in [0.2, 0.25) is 0 Å². The lowest BCUT2D eigenvalue weighted by atomic mass is 10.1. The molecule has 0 atom stereocenters. The van der Waals surface area contributed by atoms with Crippen LogP contribution in [0, 0.1) is 0 Å². The first-order chi connectivity index (χ1) is 11.2. The van der Waals surface area contributed by atoms with Gasteiger partial charge in [-0.15, -0.1) is 0 Å². The van der Waals surface area contributed by atoms with Gasteiger partial charge in [0, 0.05) is 39.1 Å². The number of rotatable bonds is 12. The molecule has 0 saturated carbocycles. The van der Waals surface area contributed by atoms with E-state index in [1.54, 1.807) is 28.4 Å². The van der Waals surface area contributed by atoms with Crippen molar-refractivity contribution < 1.29 is 18.9 Å². The molecular weight excluding hydrogens is 296 g/mol. The summed E-state index contributed by atoms with van der Waals surface area (Å²) in [7, 11) is 6.69. The number of nitrogen functional groups attached to an aromatic ring is 1. The molecule has 0 aromatic heterocycles. The molecule has 0 fully saturated rings. The number of ether oxygens (including phenoxy) is 4. The quantitative estimate of drug-likeness (QED) is 0.591. The third kappa shape index (κ3) is 6.64. The Hall–Kier alpha value is -1.50. The minimum Gasteiger partial charge on any atom is -0.493 e. The smallest absolute Gasteiger partial charge is 0.162 e. The zero-order valence-corrected chi connectivity index (χ0v) is 14.8. The van der Waals surface area contributed by atoms with Crippen molar-refractivity contribution in [3.05, 3.63) is 17.7 Å². The van der Waals surface area contributed by atoms with Crippen molar-refractivity contribution in [1.29, 1.82) is 0 Å². The molecule has 0 unspecified atom stereocenters. The summed E-state index contributed by atoms with van der Waals surface area (Å²) in [6.07, 6.45) is 1.90. The molecule has 0 aliphatic rings. The monoisotopic (exact) mass is 326 g/mol. The lowest BCUT2D eigenvalue weighted by molar-refractivity contribution is 0.113. The lowest BCUT2D eigenvalue weighted by Gasteiger charge is -2.21. The van der Waals surface area contributed by atoms with Crippen LogP contribution < -0.4 is 15.2 Å². The summed E-state index contributed by atoms with van der Waals surface area (Å²) in [5, 5.41) is 0. The Bertz CT molecular complexity index is 446. The van der Waals surface area contributed by atoms with Crippen molar-refractivity contribution in [2.45, 2.75) is 12.8 Å². The highest BCUT2D eigenvalue weighted by molar-refractivity contribution is 5.58. The van der Waals surface area contributed by atoms with E-state index in [1.807, 2.05) is 12.1 Å². The minimum atomic E-state index is 0.663. The molecule has 132 valence electrons. The van der Waals surface area contributed by atoms with Crippen LogP contribution in [-0.4, -0.2) is 66.2 Å². The fraction of sp³-hybridized carbons (Fsp3) is 0.647. The second kappa shape index (κ2) is 11.1. The average Bonchev–Trinajstić information content (AvgIpc) is 2.57. The van der Waals surface area contributed by atoms with Crippen LogP contribution in [-0.2, 0) is 15.9 Å². The molecule has 0 aliphatic heterocycles. The standard InChI is InChI=1S/C17H30N2O4/c1-20-10-8-19(9-11-21-2)7-5-6-14-12-16(22-3)17(23-4)13-15(14)18/h12-13H,5-11,18H2,1-4H3. The summed E-state index contributed by atoms with van der Waals surface area (Å²) in [5.41, 5.74) is 7.93. The van der Waals surface area contributed by atoms with Crippen LogP contribution in [0.4, 0.5) is 5.69 Å². The first-order valence-corrected chi connectivity index (χ1v) is 7.86.